The number of amides is 1. The lowest BCUT2D eigenvalue weighted by molar-refractivity contribution is -0.115. The van der Waals surface area contributed by atoms with Crippen molar-refractivity contribution in [1.29, 1.82) is 0 Å². The van der Waals surface area contributed by atoms with Crippen LogP contribution in [0.1, 0.15) is 24.4 Å². The van der Waals surface area contributed by atoms with Crippen LogP contribution in [0.5, 0.6) is 11.5 Å². The van der Waals surface area contributed by atoms with Gasteiger partial charge in [-0.3, -0.25) is 4.79 Å². The molecule has 4 rings (SSSR count). The maximum atomic E-state index is 12.6. The van der Waals surface area contributed by atoms with Gasteiger partial charge in [-0.1, -0.05) is 12.1 Å². The number of para-hydroxylation sites is 1. The van der Waals surface area contributed by atoms with Crippen LogP contribution >= 0.6 is 22.7 Å². The molecular weight excluding hydrogens is 454 g/mol. The van der Waals surface area contributed by atoms with Gasteiger partial charge in [0.05, 0.1) is 36.6 Å². The van der Waals surface area contributed by atoms with Gasteiger partial charge in [0.25, 0.3) is 0 Å². The van der Waals surface area contributed by atoms with E-state index in [9.17, 15) is 4.79 Å². The molecule has 0 aliphatic carbocycles. The number of nitrogens with one attached hydrogen (secondary N) is 1. The number of anilines is 1. The van der Waals surface area contributed by atoms with E-state index in [0.717, 1.165) is 43.9 Å². The summed E-state index contributed by atoms with van der Waals surface area (Å²) in [5.41, 5.74) is 3.51. The number of carbonyl (C=O) groups is 1. The first-order valence-electron chi connectivity index (χ1n) is 10.7. The number of ether oxygens (including phenoxy) is 2. The third kappa shape index (κ3) is 5.58. The normalized spacial score (nSPS) is 10.8. The molecule has 0 saturated carbocycles. The molecule has 4 aromatic rings. The van der Waals surface area contributed by atoms with Crippen LogP contribution < -0.4 is 14.8 Å². The van der Waals surface area contributed by atoms with E-state index in [-0.39, 0.29) is 12.3 Å². The van der Waals surface area contributed by atoms with Crippen molar-refractivity contribution < 1.29 is 14.3 Å². The number of thiazole rings is 2. The highest BCUT2D eigenvalue weighted by atomic mass is 32.1. The van der Waals surface area contributed by atoms with Gasteiger partial charge < -0.3 is 14.8 Å². The number of nitrogens with zero attached hydrogens (tertiary/aromatic N) is 2. The minimum atomic E-state index is -0.142. The molecule has 170 valence electrons. The molecule has 0 unspecified atom stereocenters. The number of carbonyl (C=O) groups excluding carboxylic acids is 1. The Kier molecular flexibility index (Phi) is 7.36. The van der Waals surface area contributed by atoms with Crippen LogP contribution in [0.15, 0.2) is 53.9 Å². The predicted molar refractivity (Wildman–Crippen MR) is 135 cm³/mol. The summed E-state index contributed by atoms with van der Waals surface area (Å²) in [5.74, 6) is 1.48. The van der Waals surface area contributed by atoms with Gasteiger partial charge in [-0.2, -0.15) is 0 Å². The Morgan fingerprint density at radius 3 is 2.52 bits per heavy atom. The van der Waals surface area contributed by atoms with Gasteiger partial charge in [0.2, 0.25) is 5.91 Å². The van der Waals surface area contributed by atoms with Crippen LogP contribution in [0.3, 0.4) is 0 Å². The minimum absolute atomic E-state index is 0.142. The Morgan fingerprint density at radius 1 is 1.00 bits per heavy atom. The first-order chi connectivity index (χ1) is 16.1. The molecule has 0 spiro atoms. The van der Waals surface area contributed by atoms with Crippen LogP contribution in [-0.2, 0) is 11.2 Å². The highest BCUT2D eigenvalue weighted by Gasteiger charge is 2.15. The van der Waals surface area contributed by atoms with Crippen LogP contribution in [0.2, 0.25) is 0 Å². The Bertz CT molecular complexity index is 1230. The third-order valence-electron chi connectivity index (χ3n) is 4.79. The molecule has 0 atom stereocenters. The summed E-state index contributed by atoms with van der Waals surface area (Å²) in [6.07, 6.45) is 0.185. The quantitative estimate of drug-likeness (QED) is 0.308. The lowest BCUT2D eigenvalue weighted by Gasteiger charge is -2.07. The molecule has 0 saturated heterocycles. The fraction of sp³-hybridized carbons (Fsp3) is 0.240. The summed E-state index contributed by atoms with van der Waals surface area (Å²) < 4.78 is 11.2. The predicted octanol–water partition coefficient (Wildman–Crippen LogP) is 6.22. The van der Waals surface area contributed by atoms with Gasteiger partial charge >= 0.3 is 0 Å². The molecular formula is C25H25N3O3S2. The largest absolute Gasteiger partial charge is 0.494 e. The van der Waals surface area contributed by atoms with Crippen molar-refractivity contribution in [3.63, 3.8) is 0 Å². The maximum absolute atomic E-state index is 12.6. The molecule has 0 aliphatic heterocycles. The van der Waals surface area contributed by atoms with E-state index in [1.165, 1.54) is 22.7 Å². The van der Waals surface area contributed by atoms with Gasteiger partial charge in [-0.05, 0) is 57.2 Å². The maximum Gasteiger partial charge on any atom is 0.232 e. The topological polar surface area (TPSA) is 73.3 Å². The summed E-state index contributed by atoms with van der Waals surface area (Å²) in [4.78, 5) is 23.0. The van der Waals surface area contributed by atoms with Crippen molar-refractivity contribution in [3.8, 4) is 33.3 Å². The smallest absolute Gasteiger partial charge is 0.232 e. The van der Waals surface area contributed by atoms with Crippen molar-refractivity contribution in [2.75, 3.05) is 18.5 Å². The molecule has 8 heteroatoms. The molecule has 0 bridgehead atoms. The molecule has 2 heterocycles. The van der Waals surface area contributed by atoms with E-state index in [0.29, 0.717) is 18.3 Å². The van der Waals surface area contributed by atoms with Crippen LogP contribution in [0.4, 0.5) is 5.13 Å². The van der Waals surface area contributed by atoms with Gasteiger partial charge in [0, 0.05) is 15.8 Å². The SMILES string of the molecule is CCOc1ccc(-c2nc(NC(=O)Cc3csc(-c4ccccc4OCC)n3)sc2C)cc1. The summed E-state index contributed by atoms with van der Waals surface area (Å²) in [5, 5.41) is 6.25. The third-order valence-corrected chi connectivity index (χ3v) is 6.60. The zero-order valence-corrected chi connectivity index (χ0v) is 20.4. The minimum Gasteiger partial charge on any atom is -0.494 e. The Hall–Kier alpha value is -3.23. The average molecular weight is 480 g/mol. The molecule has 1 amide bonds. The number of hydrogen-bond donors (Lipinski definition) is 1. The molecule has 0 fully saturated rings. The van der Waals surface area contributed by atoms with Crippen LogP contribution in [-0.4, -0.2) is 29.1 Å². The number of rotatable bonds is 9. The van der Waals surface area contributed by atoms with Crippen molar-refractivity contribution in [2.24, 2.45) is 0 Å². The Morgan fingerprint density at radius 2 is 1.76 bits per heavy atom. The standard InChI is InChI=1S/C25H25N3O3S2/c1-4-30-19-12-10-17(11-13-19)23-16(3)33-25(28-23)27-22(29)14-18-15-32-24(26-18)20-8-6-7-9-21(20)31-5-2/h6-13,15H,4-5,14H2,1-3H3,(H,27,28,29). The van der Waals surface area contributed by atoms with Gasteiger partial charge in [0.15, 0.2) is 5.13 Å². The van der Waals surface area contributed by atoms with E-state index < -0.39 is 0 Å². The molecule has 0 aliphatic rings. The second-order valence-corrected chi connectivity index (χ2v) is 9.24. The van der Waals surface area contributed by atoms with E-state index >= 15 is 0 Å². The van der Waals surface area contributed by atoms with Crippen molar-refractivity contribution in [2.45, 2.75) is 27.2 Å². The van der Waals surface area contributed by atoms with Crippen LogP contribution in [0, 0.1) is 6.92 Å². The van der Waals surface area contributed by atoms with E-state index in [1.807, 2.05) is 74.7 Å². The average Bonchev–Trinajstić information content (AvgIpc) is 3.41. The first-order valence-corrected chi connectivity index (χ1v) is 12.4. The Balaban J connectivity index is 1.42. The zero-order valence-electron chi connectivity index (χ0n) is 18.8. The van der Waals surface area contributed by atoms with Crippen molar-refractivity contribution >= 4 is 33.7 Å². The highest BCUT2D eigenvalue weighted by molar-refractivity contribution is 7.16. The monoisotopic (exact) mass is 479 g/mol. The van der Waals surface area contributed by atoms with Gasteiger partial charge in [-0.15, -0.1) is 22.7 Å². The first kappa shape index (κ1) is 22.9. The highest BCUT2D eigenvalue weighted by Crippen LogP contribution is 2.33. The number of aromatic nitrogens is 2. The summed E-state index contributed by atoms with van der Waals surface area (Å²) in [6, 6.07) is 15.6. The fourth-order valence-corrected chi connectivity index (χ4v) is 5.06. The number of benzene rings is 2. The molecule has 2 aromatic carbocycles. The van der Waals surface area contributed by atoms with E-state index in [2.05, 4.69) is 15.3 Å². The second-order valence-electron chi connectivity index (χ2n) is 7.18. The van der Waals surface area contributed by atoms with E-state index in [4.69, 9.17) is 9.47 Å². The molecule has 0 radical (unpaired) electrons. The van der Waals surface area contributed by atoms with Crippen LogP contribution in [0.25, 0.3) is 21.8 Å². The zero-order chi connectivity index (χ0) is 23.2. The fourth-order valence-electron chi connectivity index (χ4n) is 3.36. The molecule has 2 aromatic heterocycles. The molecule has 6 nitrogen and oxygen atoms in total. The Labute approximate surface area is 201 Å². The molecule has 1 N–H and O–H groups in total. The number of aryl methyl sites for hydroxylation is 1. The summed E-state index contributed by atoms with van der Waals surface area (Å²) in [6.45, 7) is 7.13. The van der Waals surface area contributed by atoms with Crippen molar-refractivity contribution in [1.82, 2.24) is 9.97 Å². The van der Waals surface area contributed by atoms with Crippen molar-refractivity contribution in [3.05, 3.63) is 64.5 Å². The number of hydrogen-bond acceptors (Lipinski definition) is 7. The molecule has 33 heavy (non-hydrogen) atoms. The second kappa shape index (κ2) is 10.6. The van der Waals surface area contributed by atoms with Gasteiger partial charge in [0.1, 0.15) is 16.5 Å². The lowest BCUT2D eigenvalue weighted by atomic mass is 10.1. The summed E-state index contributed by atoms with van der Waals surface area (Å²) >= 11 is 2.97. The summed E-state index contributed by atoms with van der Waals surface area (Å²) in [7, 11) is 0. The lowest BCUT2D eigenvalue weighted by Crippen LogP contribution is -2.14. The van der Waals surface area contributed by atoms with Gasteiger partial charge in [-0.25, -0.2) is 9.97 Å². The van der Waals surface area contributed by atoms with E-state index in [1.54, 1.807) is 0 Å².